The Labute approximate surface area is 162 Å². The average molecular weight is 406 g/mol. The van der Waals surface area contributed by atoms with Crippen molar-refractivity contribution in [3.8, 4) is 11.5 Å². The third-order valence-corrected chi connectivity index (χ3v) is 4.81. The van der Waals surface area contributed by atoms with Crippen molar-refractivity contribution in [2.75, 3.05) is 0 Å². The minimum absolute atomic E-state index is 0.0650. The van der Waals surface area contributed by atoms with Crippen LogP contribution >= 0.6 is 23.4 Å². The molecule has 1 aromatic heterocycles. The Morgan fingerprint density at radius 2 is 2.07 bits per heavy atom. The number of aromatic nitrogens is 3. The number of aromatic hydroxyl groups is 2. The van der Waals surface area contributed by atoms with Gasteiger partial charge in [0.2, 0.25) is 5.16 Å². The fraction of sp³-hybridized carbons (Fsp3) is 0.0625. The van der Waals surface area contributed by atoms with Gasteiger partial charge in [0.1, 0.15) is 12.1 Å². The second-order valence-corrected chi connectivity index (χ2v) is 6.59. The lowest BCUT2D eigenvalue weighted by Gasteiger charge is -2.04. The number of phenolic OH excluding ortho intramolecular Hbond substituents is 2. The summed E-state index contributed by atoms with van der Waals surface area (Å²) < 4.78 is 1.36. The standard InChI is InChI=1S/C16H12ClN5O4S/c17-12-4-2-1-3-10(12)8-27-16-20-18-9-21(16)19-7-11-5-13(22(25)26)15(24)6-14(11)23/h1-7,9,23-24H,8H2/b19-7+. The quantitative estimate of drug-likeness (QED) is 0.278. The van der Waals surface area contributed by atoms with Crippen molar-refractivity contribution < 1.29 is 15.1 Å². The highest BCUT2D eigenvalue weighted by Crippen LogP contribution is 2.32. The van der Waals surface area contributed by atoms with E-state index >= 15 is 0 Å². The molecule has 1 heterocycles. The van der Waals surface area contributed by atoms with Gasteiger partial charge in [0.05, 0.1) is 11.1 Å². The topological polar surface area (TPSA) is 127 Å². The molecule has 3 aromatic rings. The van der Waals surface area contributed by atoms with E-state index in [0.29, 0.717) is 15.9 Å². The van der Waals surface area contributed by atoms with E-state index in [-0.39, 0.29) is 11.3 Å². The zero-order valence-corrected chi connectivity index (χ0v) is 15.1. The molecule has 0 amide bonds. The van der Waals surface area contributed by atoms with Crippen LogP contribution in [0.3, 0.4) is 0 Å². The lowest BCUT2D eigenvalue weighted by Crippen LogP contribution is -1.95. The smallest absolute Gasteiger partial charge is 0.311 e. The highest BCUT2D eigenvalue weighted by Gasteiger charge is 2.16. The van der Waals surface area contributed by atoms with Crippen LogP contribution in [0.1, 0.15) is 11.1 Å². The Morgan fingerprint density at radius 1 is 1.30 bits per heavy atom. The van der Waals surface area contributed by atoms with Crippen LogP contribution in [0, 0.1) is 10.1 Å². The molecule has 0 spiro atoms. The van der Waals surface area contributed by atoms with Gasteiger partial charge in [-0.2, -0.15) is 9.78 Å². The van der Waals surface area contributed by atoms with Gasteiger partial charge in [0, 0.05) is 28.5 Å². The molecule has 0 unspecified atom stereocenters. The highest BCUT2D eigenvalue weighted by atomic mass is 35.5. The molecule has 0 atom stereocenters. The van der Waals surface area contributed by atoms with Crippen molar-refractivity contribution in [1.82, 2.24) is 14.9 Å². The molecule has 3 rings (SSSR count). The first-order valence-electron chi connectivity index (χ1n) is 7.46. The van der Waals surface area contributed by atoms with Gasteiger partial charge in [-0.1, -0.05) is 41.6 Å². The van der Waals surface area contributed by atoms with Gasteiger partial charge in [-0.25, -0.2) is 0 Å². The molecule has 0 aliphatic rings. The first-order chi connectivity index (χ1) is 13.0. The van der Waals surface area contributed by atoms with E-state index in [4.69, 9.17) is 11.6 Å². The largest absolute Gasteiger partial charge is 0.507 e. The molecular weight excluding hydrogens is 394 g/mol. The van der Waals surface area contributed by atoms with Crippen LogP contribution in [0.15, 0.2) is 53.0 Å². The Morgan fingerprint density at radius 3 is 2.81 bits per heavy atom. The van der Waals surface area contributed by atoms with Crippen molar-refractivity contribution in [2.24, 2.45) is 5.10 Å². The predicted octanol–water partition coefficient (Wildman–Crippen LogP) is 3.43. The van der Waals surface area contributed by atoms with Gasteiger partial charge in [-0.3, -0.25) is 10.1 Å². The summed E-state index contributed by atoms with van der Waals surface area (Å²) in [6.45, 7) is 0. The van der Waals surface area contributed by atoms with Gasteiger partial charge in [-0.05, 0) is 11.6 Å². The number of nitro groups is 1. The molecule has 0 radical (unpaired) electrons. The summed E-state index contributed by atoms with van der Waals surface area (Å²) >= 11 is 7.48. The van der Waals surface area contributed by atoms with Crippen LogP contribution in [0.5, 0.6) is 11.5 Å². The van der Waals surface area contributed by atoms with Crippen molar-refractivity contribution in [3.05, 3.63) is 69.0 Å². The predicted molar refractivity (Wildman–Crippen MR) is 100 cm³/mol. The fourth-order valence-electron chi connectivity index (χ4n) is 2.11. The molecule has 11 heteroatoms. The molecule has 0 aliphatic heterocycles. The van der Waals surface area contributed by atoms with Gasteiger partial charge in [0.25, 0.3) is 0 Å². The highest BCUT2D eigenvalue weighted by molar-refractivity contribution is 7.98. The number of nitro benzene ring substituents is 1. The Hall–Kier alpha value is -3.11. The summed E-state index contributed by atoms with van der Waals surface area (Å²) in [5, 5.41) is 43.2. The number of rotatable bonds is 6. The summed E-state index contributed by atoms with van der Waals surface area (Å²) in [6, 6.07) is 9.32. The number of phenols is 2. The number of hydrogen-bond donors (Lipinski definition) is 2. The number of benzene rings is 2. The van der Waals surface area contributed by atoms with Gasteiger partial charge < -0.3 is 10.2 Å². The van der Waals surface area contributed by atoms with Crippen LogP contribution in [0.25, 0.3) is 0 Å². The lowest BCUT2D eigenvalue weighted by molar-refractivity contribution is -0.385. The van der Waals surface area contributed by atoms with Crippen LogP contribution < -0.4 is 0 Å². The average Bonchev–Trinajstić information content (AvgIpc) is 3.07. The SMILES string of the molecule is O=[N+]([O-])c1cc(/C=N/n2cnnc2SCc2ccccc2Cl)c(O)cc1O. The zero-order chi connectivity index (χ0) is 19.4. The van der Waals surface area contributed by atoms with Gasteiger partial charge in [0.15, 0.2) is 5.75 Å². The number of halogens is 1. The molecule has 27 heavy (non-hydrogen) atoms. The summed E-state index contributed by atoms with van der Waals surface area (Å²) in [5.74, 6) is -0.431. The Balaban J connectivity index is 1.79. The maximum absolute atomic E-state index is 10.9. The normalized spacial score (nSPS) is 11.1. The summed E-state index contributed by atoms with van der Waals surface area (Å²) in [5.41, 5.74) is 0.455. The number of nitrogens with zero attached hydrogens (tertiary/aromatic N) is 5. The Kier molecular flexibility index (Phi) is 5.57. The maximum Gasteiger partial charge on any atom is 0.311 e. The van der Waals surface area contributed by atoms with Crippen molar-refractivity contribution in [1.29, 1.82) is 0 Å². The van der Waals surface area contributed by atoms with E-state index in [1.165, 1.54) is 29.0 Å². The molecule has 138 valence electrons. The summed E-state index contributed by atoms with van der Waals surface area (Å²) in [6.07, 6.45) is 2.57. The minimum Gasteiger partial charge on any atom is -0.507 e. The van der Waals surface area contributed by atoms with Crippen LogP contribution in [-0.2, 0) is 5.75 Å². The van der Waals surface area contributed by atoms with Crippen molar-refractivity contribution in [2.45, 2.75) is 10.9 Å². The molecule has 0 saturated heterocycles. The lowest BCUT2D eigenvalue weighted by atomic mass is 10.2. The molecule has 2 N–H and O–H groups in total. The van der Waals surface area contributed by atoms with Crippen LogP contribution in [0.2, 0.25) is 5.02 Å². The second kappa shape index (κ2) is 8.06. The molecule has 0 aliphatic carbocycles. The van der Waals surface area contributed by atoms with E-state index < -0.39 is 16.4 Å². The first kappa shape index (κ1) is 18.7. The molecule has 0 saturated carbocycles. The Bertz CT molecular complexity index is 1020. The van der Waals surface area contributed by atoms with Crippen LogP contribution in [-0.4, -0.2) is 36.2 Å². The monoisotopic (exact) mass is 405 g/mol. The van der Waals surface area contributed by atoms with Gasteiger partial charge >= 0.3 is 5.69 Å². The first-order valence-corrected chi connectivity index (χ1v) is 8.83. The minimum atomic E-state index is -0.754. The molecule has 9 nitrogen and oxygen atoms in total. The molecule has 0 bridgehead atoms. The summed E-state index contributed by atoms with van der Waals surface area (Å²) in [7, 11) is 0. The number of thioether (sulfide) groups is 1. The summed E-state index contributed by atoms with van der Waals surface area (Å²) in [4.78, 5) is 10.1. The third kappa shape index (κ3) is 4.36. The van der Waals surface area contributed by atoms with Crippen molar-refractivity contribution in [3.63, 3.8) is 0 Å². The van der Waals surface area contributed by atoms with E-state index in [9.17, 15) is 20.3 Å². The van der Waals surface area contributed by atoms with E-state index in [1.54, 1.807) is 6.07 Å². The van der Waals surface area contributed by atoms with E-state index in [0.717, 1.165) is 17.7 Å². The molecule has 2 aromatic carbocycles. The van der Waals surface area contributed by atoms with Crippen LogP contribution in [0.4, 0.5) is 5.69 Å². The van der Waals surface area contributed by atoms with Gasteiger partial charge in [-0.15, -0.1) is 10.2 Å². The fourth-order valence-corrected chi connectivity index (χ4v) is 3.26. The maximum atomic E-state index is 10.9. The number of hydrogen-bond acceptors (Lipinski definition) is 8. The van der Waals surface area contributed by atoms with Crippen molar-refractivity contribution >= 4 is 35.3 Å². The second-order valence-electron chi connectivity index (χ2n) is 5.24. The molecule has 0 fully saturated rings. The molecular formula is C16H12ClN5O4S. The van der Waals surface area contributed by atoms with E-state index in [1.807, 2.05) is 18.2 Å². The third-order valence-electron chi connectivity index (χ3n) is 3.46. The van der Waals surface area contributed by atoms with E-state index in [2.05, 4.69) is 15.3 Å². The zero-order valence-electron chi connectivity index (χ0n) is 13.6.